The van der Waals surface area contributed by atoms with Crippen LogP contribution in [0.1, 0.15) is 66.0 Å². The SMILES string of the molecule is C/C=C\C/C=C(/CCn1cc(CN(C)CCCC)nc1-c1ccc(SN)cc1)C(C)F.CC. The molecule has 33 heavy (non-hydrogen) atoms. The molecule has 2 N–H and O–H groups in total. The van der Waals surface area contributed by atoms with Crippen LogP contribution in [-0.2, 0) is 13.1 Å². The maximum absolute atomic E-state index is 14.2. The van der Waals surface area contributed by atoms with Crippen LogP contribution in [-0.4, -0.2) is 34.2 Å². The van der Waals surface area contributed by atoms with Gasteiger partial charge in [0.25, 0.3) is 0 Å². The summed E-state index contributed by atoms with van der Waals surface area (Å²) in [5, 5.41) is 5.67. The molecule has 0 aliphatic rings. The largest absolute Gasteiger partial charge is 0.330 e. The van der Waals surface area contributed by atoms with E-state index in [2.05, 4.69) is 41.8 Å². The monoisotopic (exact) mass is 474 g/mol. The number of rotatable bonds is 13. The predicted octanol–water partition coefficient (Wildman–Crippen LogP) is 7.41. The van der Waals surface area contributed by atoms with E-state index in [4.69, 9.17) is 10.1 Å². The molecule has 0 spiro atoms. The molecule has 1 aromatic carbocycles. The Kier molecular flexibility index (Phi) is 14.7. The van der Waals surface area contributed by atoms with Crippen LogP contribution in [0.2, 0.25) is 0 Å². The lowest BCUT2D eigenvalue weighted by Crippen LogP contribution is -2.19. The summed E-state index contributed by atoms with van der Waals surface area (Å²) >= 11 is 1.24. The van der Waals surface area contributed by atoms with E-state index in [9.17, 15) is 4.39 Å². The Hall–Kier alpha value is -1.89. The third kappa shape index (κ3) is 10.3. The smallest absolute Gasteiger partial charge is 0.140 e. The van der Waals surface area contributed by atoms with Gasteiger partial charge in [0, 0.05) is 29.7 Å². The van der Waals surface area contributed by atoms with E-state index in [1.54, 1.807) is 6.92 Å². The number of unbranched alkanes of at least 4 members (excludes halogenated alkanes) is 1. The maximum Gasteiger partial charge on any atom is 0.140 e. The highest BCUT2D eigenvalue weighted by Gasteiger charge is 2.14. The molecule has 0 saturated carbocycles. The fourth-order valence-corrected chi connectivity index (χ4v) is 3.77. The second-order valence-corrected chi connectivity index (χ2v) is 8.64. The van der Waals surface area contributed by atoms with Gasteiger partial charge >= 0.3 is 0 Å². The van der Waals surface area contributed by atoms with Crippen LogP contribution in [0.4, 0.5) is 4.39 Å². The lowest BCUT2D eigenvalue weighted by Gasteiger charge is -2.14. The Bertz CT molecular complexity index is 840. The molecule has 6 heteroatoms. The second-order valence-electron chi connectivity index (χ2n) is 7.93. The summed E-state index contributed by atoms with van der Waals surface area (Å²) in [6.07, 6.45) is 11.0. The Balaban J connectivity index is 0.00000265. The van der Waals surface area contributed by atoms with Gasteiger partial charge in [0.05, 0.1) is 5.69 Å². The average molecular weight is 475 g/mol. The van der Waals surface area contributed by atoms with Gasteiger partial charge in [0.2, 0.25) is 0 Å². The number of allylic oxidation sites excluding steroid dienone is 4. The van der Waals surface area contributed by atoms with Crippen LogP contribution in [0.3, 0.4) is 0 Å². The van der Waals surface area contributed by atoms with Crippen molar-refractivity contribution in [3.8, 4) is 11.4 Å². The van der Waals surface area contributed by atoms with Gasteiger partial charge in [-0.3, -0.25) is 5.14 Å². The number of benzene rings is 1. The van der Waals surface area contributed by atoms with E-state index < -0.39 is 6.17 Å². The number of hydrogen-bond acceptors (Lipinski definition) is 4. The van der Waals surface area contributed by atoms with Gasteiger partial charge < -0.3 is 9.47 Å². The summed E-state index contributed by atoms with van der Waals surface area (Å²) in [5.41, 5.74) is 2.93. The number of aryl methyl sites for hydroxylation is 1. The molecule has 0 amide bonds. The van der Waals surface area contributed by atoms with E-state index in [1.165, 1.54) is 24.8 Å². The fraction of sp³-hybridized carbons (Fsp3) is 0.519. The van der Waals surface area contributed by atoms with Crippen molar-refractivity contribution in [1.82, 2.24) is 14.5 Å². The highest BCUT2D eigenvalue weighted by Crippen LogP contribution is 2.24. The van der Waals surface area contributed by atoms with Crippen molar-refractivity contribution < 1.29 is 4.39 Å². The number of nitrogens with two attached hydrogens (primary N) is 1. The summed E-state index contributed by atoms with van der Waals surface area (Å²) in [7, 11) is 2.13. The topological polar surface area (TPSA) is 47.1 Å². The first kappa shape index (κ1) is 29.1. The molecule has 0 saturated heterocycles. The fourth-order valence-electron chi connectivity index (χ4n) is 3.48. The minimum atomic E-state index is -0.947. The van der Waals surface area contributed by atoms with E-state index in [0.717, 1.165) is 47.1 Å². The molecule has 0 bridgehead atoms. The molecular weight excluding hydrogens is 431 g/mol. The Morgan fingerprint density at radius 3 is 2.55 bits per heavy atom. The van der Waals surface area contributed by atoms with Gasteiger partial charge in [0.1, 0.15) is 12.0 Å². The lowest BCUT2D eigenvalue weighted by molar-refractivity contribution is 0.317. The van der Waals surface area contributed by atoms with Crippen molar-refractivity contribution in [3.63, 3.8) is 0 Å². The Labute approximate surface area is 205 Å². The molecule has 1 atom stereocenters. The number of nitrogens with zero attached hydrogens (tertiary/aromatic N) is 3. The predicted molar refractivity (Wildman–Crippen MR) is 143 cm³/mol. The first-order valence-electron chi connectivity index (χ1n) is 12.1. The van der Waals surface area contributed by atoms with Crippen molar-refractivity contribution in [2.75, 3.05) is 13.6 Å². The number of imidazole rings is 1. The van der Waals surface area contributed by atoms with Crippen LogP contribution < -0.4 is 5.14 Å². The Morgan fingerprint density at radius 2 is 1.97 bits per heavy atom. The van der Waals surface area contributed by atoms with E-state index in [-0.39, 0.29) is 0 Å². The molecule has 0 aliphatic heterocycles. The number of halogens is 1. The van der Waals surface area contributed by atoms with Gasteiger partial charge in [-0.05, 0) is 76.4 Å². The van der Waals surface area contributed by atoms with E-state index >= 15 is 0 Å². The van der Waals surface area contributed by atoms with Crippen LogP contribution in [0.5, 0.6) is 0 Å². The van der Waals surface area contributed by atoms with Gasteiger partial charge in [-0.15, -0.1) is 0 Å². The van der Waals surface area contributed by atoms with Crippen molar-refractivity contribution in [3.05, 3.63) is 60.0 Å². The molecular formula is C27H43FN4S. The average Bonchev–Trinajstić information content (AvgIpc) is 3.23. The first-order chi connectivity index (χ1) is 16.0. The van der Waals surface area contributed by atoms with Crippen molar-refractivity contribution in [2.45, 2.75) is 84.5 Å². The van der Waals surface area contributed by atoms with Gasteiger partial charge in [-0.2, -0.15) is 0 Å². The van der Waals surface area contributed by atoms with Crippen molar-refractivity contribution in [1.29, 1.82) is 0 Å². The van der Waals surface area contributed by atoms with E-state index in [0.29, 0.717) is 13.0 Å². The number of aromatic nitrogens is 2. The summed E-state index contributed by atoms with van der Waals surface area (Å²) in [6.45, 7) is 12.4. The molecule has 1 aromatic heterocycles. The van der Waals surface area contributed by atoms with Gasteiger partial charge in [-0.25, -0.2) is 9.37 Å². The summed E-state index contributed by atoms with van der Waals surface area (Å²) < 4.78 is 16.3. The van der Waals surface area contributed by atoms with Crippen LogP contribution in [0.25, 0.3) is 11.4 Å². The van der Waals surface area contributed by atoms with E-state index in [1.807, 2.05) is 51.1 Å². The quantitative estimate of drug-likeness (QED) is 0.242. The standard InChI is InChI=1S/C25H37FN4S.C2H6/c1-5-7-9-10-21(20(3)26)15-17-30-19-23(18-29(4)16-8-6-2)28-25(30)22-11-13-24(31-27)14-12-22;1-2/h5,7,10-14,19-20H,6,8-9,15-18,27H2,1-4H3;1-2H3/b7-5-,21-10-;. The van der Waals surface area contributed by atoms with Crippen LogP contribution >= 0.6 is 11.9 Å². The van der Waals surface area contributed by atoms with Crippen molar-refractivity contribution >= 4 is 11.9 Å². The molecule has 0 fully saturated rings. The minimum absolute atomic E-state index is 0.667. The molecule has 184 valence electrons. The van der Waals surface area contributed by atoms with Crippen LogP contribution in [0, 0.1) is 0 Å². The zero-order valence-corrected chi connectivity index (χ0v) is 22.2. The van der Waals surface area contributed by atoms with Crippen LogP contribution in [0.15, 0.2) is 59.2 Å². The molecule has 2 aromatic rings. The summed E-state index contributed by atoms with van der Waals surface area (Å²) in [5.74, 6) is 0.923. The second kappa shape index (κ2) is 16.7. The molecule has 1 heterocycles. The lowest BCUT2D eigenvalue weighted by atomic mass is 10.1. The minimum Gasteiger partial charge on any atom is -0.330 e. The Morgan fingerprint density at radius 1 is 1.27 bits per heavy atom. The van der Waals surface area contributed by atoms with Gasteiger partial charge in [-0.1, -0.05) is 57.6 Å². The number of alkyl halides is 1. The highest BCUT2D eigenvalue weighted by molar-refractivity contribution is 7.97. The van der Waals surface area contributed by atoms with Gasteiger partial charge in [0.15, 0.2) is 0 Å². The molecule has 1 unspecified atom stereocenters. The summed E-state index contributed by atoms with van der Waals surface area (Å²) in [6, 6.07) is 8.13. The van der Waals surface area contributed by atoms with Crippen molar-refractivity contribution in [2.24, 2.45) is 5.14 Å². The number of hydrogen-bond donors (Lipinski definition) is 1. The third-order valence-corrected chi connectivity index (χ3v) is 5.85. The summed E-state index contributed by atoms with van der Waals surface area (Å²) in [4.78, 5) is 8.26. The molecule has 4 nitrogen and oxygen atoms in total. The molecule has 0 aliphatic carbocycles. The highest BCUT2D eigenvalue weighted by atomic mass is 32.2. The maximum atomic E-state index is 14.2. The zero-order chi connectivity index (χ0) is 24.6. The molecule has 0 radical (unpaired) electrons. The molecule has 2 rings (SSSR count). The normalized spacial score (nSPS) is 12.8. The first-order valence-corrected chi connectivity index (χ1v) is 13.0. The zero-order valence-electron chi connectivity index (χ0n) is 21.4. The third-order valence-electron chi connectivity index (χ3n) is 5.30.